The average molecular weight is 367 g/mol. The summed E-state index contributed by atoms with van der Waals surface area (Å²) in [6.45, 7) is 2.05. The maximum Gasteiger partial charge on any atom is 0.129 e. The van der Waals surface area contributed by atoms with Crippen molar-refractivity contribution in [2.45, 2.75) is 6.92 Å². The van der Waals surface area contributed by atoms with Crippen LogP contribution >= 0.6 is 0 Å². The van der Waals surface area contributed by atoms with Gasteiger partial charge in [0.15, 0.2) is 0 Å². The number of rotatable bonds is 5. The second-order valence-corrected chi connectivity index (χ2v) is 6.64. The summed E-state index contributed by atoms with van der Waals surface area (Å²) in [5.74, 6) is 3.16. The van der Waals surface area contributed by atoms with Crippen molar-refractivity contribution in [2.75, 3.05) is 5.73 Å². The minimum absolute atomic E-state index is 0.682. The topological polar surface area (TPSA) is 44.5 Å². The maximum absolute atomic E-state index is 5.91. The van der Waals surface area contributed by atoms with Crippen LogP contribution in [0.3, 0.4) is 0 Å². The van der Waals surface area contributed by atoms with Crippen LogP contribution in [0.15, 0.2) is 97.1 Å². The summed E-state index contributed by atoms with van der Waals surface area (Å²) >= 11 is 0. The lowest BCUT2D eigenvalue weighted by atomic mass is 10.1. The number of hydrogen-bond acceptors (Lipinski definition) is 3. The molecule has 4 aromatic rings. The number of nitrogens with two attached hydrogens (primary N) is 1. The van der Waals surface area contributed by atoms with Crippen molar-refractivity contribution in [2.24, 2.45) is 0 Å². The number of anilines is 1. The molecule has 0 heterocycles. The first-order valence-corrected chi connectivity index (χ1v) is 9.14. The van der Waals surface area contributed by atoms with Gasteiger partial charge in [-0.05, 0) is 72.1 Å². The molecule has 0 spiro atoms. The number of nitrogen functional groups attached to an aromatic ring is 1. The summed E-state index contributed by atoms with van der Waals surface area (Å²) in [4.78, 5) is 0. The Labute approximate surface area is 165 Å². The van der Waals surface area contributed by atoms with Gasteiger partial charge >= 0.3 is 0 Å². The van der Waals surface area contributed by atoms with E-state index in [0.717, 1.165) is 34.1 Å². The summed E-state index contributed by atoms with van der Waals surface area (Å²) in [6.07, 6.45) is 0. The van der Waals surface area contributed by atoms with Crippen LogP contribution in [0.2, 0.25) is 0 Å². The first-order valence-electron chi connectivity index (χ1n) is 9.14. The molecule has 3 nitrogen and oxygen atoms in total. The molecule has 4 aromatic carbocycles. The summed E-state index contributed by atoms with van der Waals surface area (Å²) < 4.78 is 11.8. The van der Waals surface area contributed by atoms with E-state index in [1.807, 2.05) is 72.8 Å². The molecule has 0 atom stereocenters. The summed E-state index contributed by atoms with van der Waals surface area (Å²) in [6, 6.07) is 31.5. The minimum atomic E-state index is 0.682. The van der Waals surface area contributed by atoms with Gasteiger partial charge < -0.3 is 15.2 Å². The maximum atomic E-state index is 5.91. The molecule has 0 aromatic heterocycles. The Morgan fingerprint density at radius 3 is 1.54 bits per heavy atom. The van der Waals surface area contributed by atoms with Crippen LogP contribution in [-0.2, 0) is 0 Å². The molecule has 2 N–H and O–H groups in total. The first-order chi connectivity index (χ1) is 13.7. The van der Waals surface area contributed by atoms with E-state index in [2.05, 4.69) is 25.1 Å². The molecule has 0 aliphatic heterocycles. The number of hydrogen-bond donors (Lipinski definition) is 1. The lowest BCUT2D eigenvalue weighted by Crippen LogP contribution is -1.88. The molecular formula is C25H21NO2. The molecule has 0 aliphatic carbocycles. The average Bonchev–Trinajstić information content (AvgIpc) is 2.69. The highest BCUT2D eigenvalue weighted by Gasteiger charge is 2.03. The number of benzene rings is 4. The molecule has 0 aliphatic rings. The van der Waals surface area contributed by atoms with Crippen molar-refractivity contribution < 1.29 is 9.47 Å². The summed E-state index contributed by atoms with van der Waals surface area (Å²) in [5.41, 5.74) is 9.88. The van der Waals surface area contributed by atoms with Crippen LogP contribution in [0.5, 0.6) is 23.0 Å². The van der Waals surface area contributed by atoms with Gasteiger partial charge in [-0.1, -0.05) is 42.5 Å². The standard InChI is InChI=1S/C25H21NO2/c1-18-4-2-6-24(16-18)27-22-12-8-19(9-13-22)20-10-14-23(15-11-20)28-25-7-3-5-21(26)17-25/h2-17H,26H2,1H3. The SMILES string of the molecule is Cc1cccc(Oc2ccc(-c3ccc(Oc4cccc(N)c4)cc3)cc2)c1. The van der Waals surface area contributed by atoms with Crippen molar-refractivity contribution >= 4 is 5.69 Å². The fourth-order valence-corrected chi connectivity index (χ4v) is 2.96. The van der Waals surface area contributed by atoms with E-state index in [1.54, 1.807) is 6.07 Å². The molecule has 0 saturated heterocycles. The highest BCUT2D eigenvalue weighted by Crippen LogP contribution is 2.29. The van der Waals surface area contributed by atoms with Crippen molar-refractivity contribution in [3.63, 3.8) is 0 Å². The second kappa shape index (κ2) is 7.89. The third-order valence-electron chi connectivity index (χ3n) is 4.36. The third-order valence-corrected chi connectivity index (χ3v) is 4.36. The van der Waals surface area contributed by atoms with E-state index in [1.165, 1.54) is 5.56 Å². The van der Waals surface area contributed by atoms with Gasteiger partial charge in [0.05, 0.1) is 0 Å². The van der Waals surface area contributed by atoms with Gasteiger partial charge in [-0.25, -0.2) is 0 Å². The molecule has 0 fully saturated rings. The quantitative estimate of drug-likeness (QED) is 0.393. The van der Waals surface area contributed by atoms with E-state index >= 15 is 0 Å². The highest BCUT2D eigenvalue weighted by molar-refractivity contribution is 5.65. The van der Waals surface area contributed by atoms with Crippen LogP contribution in [0.4, 0.5) is 5.69 Å². The Bertz CT molecular complexity index is 981. The van der Waals surface area contributed by atoms with Crippen molar-refractivity contribution in [3.8, 4) is 34.1 Å². The van der Waals surface area contributed by atoms with E-state index in [0.29, 0.717) is 5.69 Å². The molecule has 0 amide bonds. The monoisotopic (exact) mass is 367 g/mol. The van der Waals surface area contributed by atoms with Gasteiger partial charge in [0.25, 0.3) is 0 Å². The Hall–Kier alpha value is -3.72. The predicted molar refractivity (Wildman–Crippen MR) is 114 cm³/mol. The smallest absolute Gasteiger partial charge is 0.129 e. The van der Waals surface area contributed by atoms with Crippen molar-refractivity contribution in [3.05, 3.63) is 103 Å². The number of aryl methyl sites for hydroxylation is 1. The number of ether oxygens (including phenoxy) is 2. The largest absolute Gasteiger partial charge is 0.457 e. The van der Waals surface area contributed by atoms with E-state index in [-0.39, 0.29) is 0 Å². The van der Waals surface area contributed by atoms with Gasteiger partial charge in [-0.3, -0.25) is 0 Å². The molecule has 0 radical (unpaired) electrons. The van der Waals surface area contributed by atoms with Crippen LogP contribution in [0.25, 0.3) is 11.1 Å². The van der Waals surface area contributed by atoms with Crippen molar-refractivity contribution in [1.82, 2.24) is 0 Å². The normalized spacial score (nSPS) is 10.5. The van der Waals surface area contributed by atoms with Gasteiger partial charge in [0.1, 0.15) is 23.0 Å². The predicted octanol–water partition coefficient (Wildman–Crippen LogP) is 6.83. The zero-order chi connectivity index (χ0) is 19.3. The Morgan fingerprint density at radius 1 is 0.536 bits per heavy atom. The van der Waals surface area contributed by atoms with Crippen LogP contribution in [0, 0.1) is 6.92 Å². The third kappa shape index (κ3) is 4.33. The van der Waals surface area contributed by atoms with Gasteiger partial charge in [-0.2, -0.15) is 0 Å². The van der Waals surface area contributed by atoms with E-state index < -0.39 is 0 Å². The Morgan fingerprint density at radius 2 is 1.04 bits per heavy atom. The van der Waals surface area contributed by atoms with Crippen LogP contribution in [-0.4, -0.2) is 0 Å². The van der Waals surface area contributed by atoms with Crippen molar-refractivity contribution in [1.29, 1.82) is 0 Å². The second-order valence-electron chi connectivity index (χ2n) is 6.64. The van der Waals surface area contributed by atoms with Gasteiger partial charge in [-0.15, -0.1) is 0 Å². The molecule has 138 valence electrons. The fraction of sp³-hybridized carbons (Fsp3) is 0.0400. The molecule has 0 unspecified atom stereocenters. The van der Waals surface area contributed by atoms with Gasteiger partial charge in [0, 0.05) is 11.8 Å². The van der Waals surface area contributed by atoms with Gasteiger partial charge in [0.2, 0.25) is 0 Å². The molecular weight excluding hydrogens is 346 g/mol. The fourth-order valence-electron chi connectivity index (χ4n) is 2.96. The minimum Gasteiger partial charge on any atom is -0.457 e. The molecule has 0 bridgehead atoms. The van der Waals surface area contributed by atoms with Crippen LogP contribution < -0.4 is 15.2 Å². The summed E-state index contributed by atoms with van der Waals surface area (Å²) in [7, 11) is 0. The Balaban J connectivity index is 1.45. The zero-order valence-electron chi connectivity index (χ0n) is 15.6. The molecule has 0 saturated carbocycles. The highest BCUT2D eigenvalue weighted by atomic mass is 16.5. The molecule has 4 rings (SSSR count). The molecule has 3 heteroatoms. The lowest BCUT2D eigenvalue weighted by Gasteiger charge is -2.09. The van der Waals surface area contributed by atoms with E-state index in [9.17, 15) is 0 Å². The lowest BCUT2D eigenvalue weighted by molar-refractivity contribution is 0.482. The van der Waals surface area contributed by atoms with Crippen LogP contribution in [0.1, 0.15) is 5.56 Å². The zero-order valence-corrected chi connectivity index (χ0v) is 15.6. The Kier molecular flexibility index (Phi) is 4.98. The first kappa shape index (κ1) is 17.7. The molecule has 28 heavy (non-hydrogen) atoms. The van der Waals surface area contributed by atoms with E-state index in [4.69, 9.17) is 15.2 Å². The summed E-state index contributed by atoms with van der Waals surface area (Å²) in [5, 5.41) is 0.